The minimum absolute atomic E-state index is 0.213. The first-order valence-electron chi connectivity index (χ1n) is 6.25. The van der Waals surface area contributed by atoms with Crippen LogP contribution in [0.3, 0.4) is 0 Å². The smallest absolute Gasteiger partial charge is 0.0988 e. The predicted molar refractivity (Wildman–Crippen MR) is 70.9 cm³/mol. The van der Waals surface area contributed by atoms with Gasteiger partial charge in [0.15, 0.2) is 0 Å². The summed E-state index contributed by atoms with van der Waals surface area (Å²) >= 11 is 0. The maximum atomic E-state index is 10.6. The summed E-state index contributed by atoms with van der Waals surface area (Å²) in [6.07, 6.45) is 4.89. The summed E-state index contributed by atoms with van der Waals surface area (Å²) in [5.74, 6) is 0. The molecular weight excluding hydrogens is 212 g/mol. The van der Waals surface area contributed by atoms with Crippen LogP contribution in [0.25, 0.3) is 0 Å². The Morgan fingerprint density at radius 2 is 1.88 bits per heavy atom. The van der Waals surface area contributed by atoms with E-state index >= 15 is 0 Å². The summed E-state index contributed by atoms with van der Waals surface area (Å²) in [6.45, 7) is 6.24. The summed E-state index contributed by atoms with van der Waals surface area (Å²) < 4.78 is 0. The van der Waals surface area contributed by atoms with Crippen LogP contribution < -0.4 is 0 Å². The number of aliphatic hydroxyl groups is 1. The van der Waals surface area contributed by atoms with Gasteiger partial charge in [0, 0.05) is 18.0 Å². The predicted octanol–water partition coefficient (Wildman–Crippen LogP) is 2.54. The van der Waals surface area contributed by atoms with Gasteiger partial charge in [-0.15, -0.1) is 0 Å². The molecule has 0 amide bonds. The van der Waals surface area contributed by atoms with Crippen molar-refractivity contribution >= 4 is 0 Å². The van der Waals surface area contributed by atoms with Gasteiger partial charge in [0.25, 0.3) is 0 Å². The monoisotopic (exact) mass is 236 g/mol. The molecule has 0 aliphatic rings. The average Bonchev–Trinajstić information content (AvgIpc) is 2.30. The Labute approximate surface area is 104 Å². The molecule has 0 radical (unpaired) electrons. The van der Waals surface area contributed by atoms with E-state index in [1.165, 1.54) is 0 Å². The molecule has 1 aromatic heterocycles. The van der Waals surface area contributed by atoms with E-state index in [0.29, 0.717) is 0 Å². The summed E-state index contributed by atoms with van der Waals surface area (Å²) in [5, 5.41) is 10.6. The number of aliphatic hydroxyl groups excluding tert-OH is 1. The number of aryl methyl sites for hydroxylation is 1. The number of hydrogen-bond donors (Lipinski definition) is 1. The van der Waals surface area contributed by atoms with Crippen LogP contribution in [0, 0.1) is 6.92 Å². The van der Waals surface area contributed by atoms with Crippen molar-refractivity contribution in [1.82, 2.24) is 9.88 Å². The summed E-state index contributed by atoms with van der Waals surface area (Å²) in [5.41, 5.74) is 1.78. The van der Waals surface area contributed by atoms with Gasteiger partial charge in [-0.1, -0.05) is 19.9 Å². The second-order valence-corrected chi connectivity index (χ2v) is 4.90. The lowest BCUT2D eigenvalue weighted by atomic mass is 9.82. The fourth-order valence-electron chi connectivity index (χ4n) is 2.55. The highest BCUT2D eigenvalue weighted by Gasteiger charge is 2.37. The second-order valence-electron chi connectivity index (χ2n) is 4.90. The minimum atomic E-state index is -0.500. The number of likely N-dealkylation sites (N-methyl/N-ethyl adjacent to an activating group) is 1. The van der Waals surface area contributed by atoms with Crippen LogP contribution in [-0.2, 0) is 0 Å². The van der Waals surface area contributed by atoms with Crippen LogP contribution in [0.1, 0.15) is 43.9 Å². The van der Waals surface area contributed by atoms with E-state index < -0.39 is 6.10 Å². The molecule has 3 heteroatoms. The highest BCUT2D eigenvalue weighted by molar-refractivity contribution is 5.22. The van der Waals surface area contributed by atoms with Crippen LogP contribution in [0.5, 0.6) is 0 Å². The molecule has 1 heterocycles. The lowest BCUT2D eigenvalue weighted by molar-refractivity contribution is -0.0151. The van der Waals surface area contributed by atoms with Gasteiger partial charge in [0.05, 0.1) is 11.6 Å². The molecule has 0 spiro atoms. The van der Waals surface area contributed by atoms with Crippen molar-refractivity contribution in [2.24, 2.45) is 0 Å². The fourth-order valence-corrected chi connectivity index (χ4v) is 2.55. The molecule has 0 bridgehead atoms. The normalized spacial score (nSPS) is 14.1. The van der Waals surface area contributed by atoms with Crippen LogP contribution in [0.4, 0.5) is 0 Å². The van der Waals surface area contributed by atoms with Crippen molar-refractivity contribution in [1.29, 1.82) is 0 Å². The molecule has 1 unspecified atom stereocenters. The zero-order valence-corrected chi connectivity index (χ0v) is 11.6. The Balaban J connectivity index is 3.12. The molecule has 1 atom stereocenters. The van der Waals surface area contributed by atoms with E-state index in [-0.39, 0.29) is 5.54 Å². The Kier molecular flexibility index (Phi) is 4.66. The van der Waals surface area contributed by atoms with E-state index in [0.717, 1.165) is 24.0 Å². The summed E-state index contributed by atoms with van der Waals surface area (Å²) in [4.78, 5) is 6.29. The number of pyridine rings is 1. The molecule has 3 nitrogen and oxygen atoms in total. The van der Waals surface area contributed by atoms with Crippen molar-refractivity contribution in [3.8, 4) is 0 Å². The van der Waals surface area contributed by atoms with E-state index in [9.17, 15) is 5.11 Å². The van der Waals surface area contributed by atoms with Gasteiger partial charge in [-0.25, -0.2) is 0 Å². The number of nitrogens with zero attached hydrogens (tertiary/aromatic N) is 2. The van der Waals surface area contributed by atoms with E-state index in [1.54, 1.807) is 6.20 Å². The molecule has 0 aromatic carbocycles. The standard InChI is InChI=1S/C14H24N2O/c1-6-14(7-2,16(4)5)13(17)12-8-11(3)9-15-10-12/h8-10,13,17H,6-7H2,1-5H3. The molecule has 1 N–H and O–H groups in total. The number of rotatable bonds is 5. The molecule has 1 aromatic rings. The first-order valence-corrected chi connectivity index (χ1v) is 6.25. The van der Waals surface area contributed by atoms with Crippen molar-refractivity contribution in [3.63, 3.8) is 0 Å². The Morgan fingerprint density at radius 3 is 2.29 bits per heavy atom. The third-order valence-corrected chi connectivity index (χ3v) is 3.84. The highest BCUT2D eigenvalue weighted by atomic mass is 16.3. The maximum absolute atomic E-state index is 10.6. The first-order chi connectivity index (χ1) is 7.97. The zero-order chi connectivity index (χ0) is 13.1. The summed E-state index contributed by atoms with van der Waals surface area (Å²) in [7, 11) is 4.05. The van der Waals surface area contributed by atoms with Crippen molar-refractivity contribution in [3.05, 3.63) is 29.6 Å². The Morgan fingerprint density at radius 1 is 1.29 bits per heavy atom. The van der Waals surface area contributed by atoms with Crippen LogP contribution >= 0.6 is 0 Å². The van der Waals surface area contributed by atoms with Gasteiger partial charge in [-0.3, -0.25) is 4.98 Å². The molecule has 17 heavy (non-hydrogen) atoms. The second kappa shape index (κ2) is 5.61. The minimum Gasteiger partial charge on any atom is -0.386 e. The number of hydrogen-bond acceptors (Lipinski definition) is 3. The van der Waals surface area contributed by atoms with Gasteiger partial charge in [0.1, 0.15) is 0 Å². The van der Waals surface area contributed by atoms with Gasteiger partial charge in [-0.05, 0) is 39.4 Å². The van der Waals surface area contributed by atoms with Crippen LogP contribution in [0.2, 0.25) is 0 Å². The molecule has 0 saturated heterocycles. The van der Waals surface area contributed by atoms with E-state index in [2.05, 4.69) is 23.7 Å². The lowest BCUT2D eigenvalue weighted by Crippen LogP contribution is -2.48. The van der Waals surface area contributed by atoms with Gasteiger partial charge in [0.2, 0.25) is 0 Å². The first kappa shape index (κ1) is 14.1. The third kappa shape index (κ3) is 2.67. The SMILES string of the molecule is CCC(CC)(C(O)c1cncc(C)c1)N(C)C. The molecule has 96 valence electrons. The Hall–Kier alpha value is -0.930. The molecule has 1 rings (SSSR count). The third-order valence-electron chi connectivity index (χ3n) is 3.84. The van der Waals surface area contributed by atoms with Gasteiger partial charge in [-0.2, -0.15) is 0 Å². The van der Waals surface area contributed by atoms with Crippen molar-refractivity contribution < 1.29 is 5.11 Å². The maximum Gasteiger partial charge on any atom is 0.0988 e. The lowest BCUT2D eigenvalue weighted by Gasteiger charge is -2.42. The van der Waals surface area contributed by atoms with Crippen LogP contribution in [-0.4, -0.2) is 34.6 Å². The van der Waals surface area contributed by atoms with Crippen LogP contribution in [0.15, 0.2) is 18.5 Å². The average molecular weight is 236 g/mol. The molecule has 0 aliphatic carbocycles. The highest BCUT2D eigenvalue weighted by Crippen LogP contribution is 2.35. The molecule has 0 saturated carbocycles. The topological polar surface area (TPSA) is 36.4 Å². The molecule has 0 aliphatic heterocycles. The number of aromatic nitrogens is 1. The van der Waals surface area contributed by atoms with Gasteiger partial charge < -0.3 is 10.0 Å². The van der Waals surface area contributed by atoms with Crippen molar-refractivity contribution in [2.75, 3.05) is 14.1 Å². The fraction of sp³-hybridized carbons (Fsp3) is 0.643. The van der Waals surface area contributed by atoms with E-state index in [1.807, 2.05) is 33.3 Å². The molecular formula is C14H24N2O. The van der Waals surface area contributed by atoms with Gasteiger partial charge >= 0.3 is 0 Å². The van der Waals surface area contributed by atoms with Crippen molar-refractivity contribution in [2.45, 2.75) is 45.3 Å². The largest absolute Gasteiger partial charge is 0.386 e. The Bertz CT molecular complexity index is 359. The zero-order valence-electron chi connectivity index (χ0n) is 11.6. The summed E-state index contributed by atoms with van der Waals surface area (Å²) in [6, 6.07) is 2.02. The van der Waals surface area contributed by atoms with E-state index in [4.69, 9.17) is 0 Å². The quantitative estimate of drug-likeness (QED) is 0.853. The molecule has 0 fully saturated rings.